The van der Waals surface area contributed by atoms with Crippen LogP contribution in [0.15, 0.2) is 54.9 Å². The van der Waals surface area contributed by atoms with E-state index in [1.54, 1.807) is 25.2 Å². The molecule has 0 saturated heterocycles. The summed E-state index contributed by atoms with van der Waals surface area (Å²) in [5.41, 5.74) is 3.03. The average Bonchev–Trinajstić information content (AvgIpc) is 2.79. The molecule has 1 aromatic carbocycles. The molecule has 2 amide bonds. The van der Waals surface area contributed by atoms with Gasteiger partial charge in [-0.25, -0.2) is 4.98 Å². The topological polar surface area (TPSA) is 113 Å². The highest BCUT2D eigenvalue weighted by Gasteiger charge is 2.21. The number of ether oxygens (including phenoxy) is 1. The first-order valence-electron chi connectivity index (χ1n) is 9.95. The largest absolute Gasteiger partial charge is 0.493 e. The molecule has 4 rings (SSSR count). The maximum absolute atomic E-state index is 12.5. The smallest absolute Gasteiger partial charge is 0.269 e. The second kappa shape index (κ2) is 8.83. The number of nitrogens with one attached hydrogen (secondary N) is 2. The predicted molar refractivity (Wildman–Crippen MR) is 113 cm³/mol. The molecule has 1 atom stereocenters. The summed E-state index contributed by atoms with van der Waals surface area (Å²) in [6.07, 6.45) is 5.26. The molecule has 3 N–H and O–H groups in total. The van der Waals surface area contributed by atoms with Crippen LogP contribution in [0.4, 0.5) is 0 Å². The van der Waals surface area contributed by atoms with Gasteiger partial charge >= 0.3 is 0 Å². The van der Waals surface area contributed by atoms with Crippen LogP contribution in [0.5, 0.6) is 17.4 Å². The van der Waals surface area contributed by atoms with Crippen LogP contribution in [-0.2, 0) is 12.8 Å². The van der Waals surface area contributed by atoms with E-state index in [0.29, 0.717) is 23.5 Å². The molecule has 0 spiro atoms. The van der Waals surface area contributed by atoms with Crippen molar-refractivity contribution < 1.29 is 19.4 Å². The highest BCUT2D eigenvalue weighted by molar-refractivity contribution is 5.94. The number of fused-ring (bicyclic) bond motifs is 1. The fourth-order valence-corrected chi connectivity index (χ4v) is 3.57. The summed E-state index contributed by atoms with van der Waals surface area (Å²) >= 11 is 0. The van der Waals surface area contributed by atoms with Crippen molar-refractivity contribution in [3.8, 4) is 17.4 Å². The molecule has 0 bridgehead atoms. The van der Waals surface area contributed by atoms with Crippen molar-refractivity contribution in [3.05, 3.63) is 77.2 Å². The van der Waals surface area contributed by atoms with Gasteiger partial charge in [-0.2, -0.15) is 0 Å². The lowest BCUT2D eigenvalue weighted by molar-refractivity contribution is 0.0930. The van der Waals surface area contributed by atoms with Crippen LogP contribution in [-0.4, -0.2) is 40.0 Å². The van der Waals surface area contributed by atoms with Gasteiger partial charge in [0.1, 0.15) is 17.2 Å². The summed E-state index contributed by atoms with van der Waals surface area (Å²) < 4.78 is 5.94. The highest BCUT2D eigenvalue weighted by Crippen LogP contribution is 2.29. The Morgan fingerprint density at radius 1 is 1.03 bits per heavy atom. The first kappa shape index (κ1) is 20.3. The van der Waals surface area contributed by atoms with E-state index in [0.717, 1.165) is 18.4 Å². The van der Waals surface area contributed by atoms with Gasteiger partial charge in [-0.05, 0) is 54.7 Å². The number of benzene rings is 1. The summed E-state index contributed by atoms with van der Waals surface area (Å²) in [6, 6.07) is 12.1. The molecule has 2 heterocycles. The molecule has 1 unspecified atom stereocenters. The third kappa shape index (κ3) is 4.80. The molecule has 3 aromatic rings. The van der Waals surface area contributed by atoms with Gasteiger partial charge < -0.3 is 20.5 Å². The number of nitrogens with zero attached hydrogens (tertiary/aromatic N) is 2. The fourth-order valence-electron chi connectivity index (χ4n) is 3.57. The number of aromatic hydroxyl groups is 1. The molecule has 1 aliphatic rings. The van der Waals surface area contributed by atoms with Crippen molar-refractivity contribution in [1.82, 2.24) is 20.6 Å². The van der Waals surface area contributed by atoms with Crippen LogP contribution in [0.2, 0.25) is 0 Å². The van der Waals surface area contributed by atoms with Gasteiger partial charge in [0.2, 0.25) is 5.88 Å². The zero-order chi connectivity index (χ0) is 21.8. The van der Waals surface area contributed by atoms with Gasteiger partial charge in [0.25, 0.3) is 11.8 Å². The molecule has 158 valence electrons. The Morgan fingerprint density at radius 3 is 2.65 bits per heavy atom. The zero-order valence-corrected chi connectivity index (χ0v) is 17.0. The standard InChI is InChI=1S/C23H22N4O4/c1-24-23(30)20-12-19(8-9-25-20)31-18-6-3-14-2-5-17(10-16(14)11-18)27-22(29)15-4-7-21(28)26-13-15/h3-4,6-9,11-13,17H,2,5,10H2,1H3,(H,24,30)(H,26,28)(H,27,29). The van der Waals surface area contributed by atoms with E-state index in [-0.39, 0.29) is 29.4 Å². The van der Waals surface area contributed by atoms with E-state index >= 15 is 0 Å². The Kier molecular flexibility index (Phi) is 5.79. The number of carbonyl (C=O) groups excluding carboxylic acids is 2. The number of carbonyl (C=O) groups is 2. The lowest BCUT2D eigenvalue weighted by atomic mass is 9.88. The normalized spacial score (nSPS) is 14.9. The van der Waals surface area contributed by atoms with Crippen LogP contribution in [0.3, 0.4) is 0 Å². The second-order valence-corrected chi connectivity index (χ2v) is 7.31. The summed E-state index contributed by atoms with van der Waals surface area (Å²) in [5.74, 6) is 0.564. The number of amides is 2. The molecule has 1 aliphatic carbocycles. The van der Waals surface area contributed by atoms with Crippen molar-refractivity contribution in [2.45, 2.75) is 25.3 Å². The number of rotatable bonds is 5. The number of hydrogen-bond donors (Lipinski definition) is 3. The molecule has 0 saturated carbocycles. The molecule has 8 nitrogen and oxygen atoms in total. The maximum Gasteiger partial charge on any atom is 0.269 e. The van der Waals surface area contributed by atoms with Crippen molar-refractivity contribution in [1.29, 1.82) is 0 Å². The molecular formula is C23H22N4O4. The number of aryl methyl sites for hydroxylation is 1. The lowest BCUT2D eigenvalue weighted by Crippen LogP contribution is -2.38. The molecule has 0 fully saturated rings. The van der Waals surface area contributed by atoms with Crippen LogP contribution in [0.1, 0.15) is 38.4 Å². The van der Waals surface area contributed by atoms with Crippen LogP contribution < -0.4 is 15.4 Å². The number of aromatic nitrogens is 2. The minimum atomic E-state index is -0.279. The minimum Gasteiger partial charge on any atom is -0.493 e. The van der Waals surface area contributed by atoms with Crippen molar-refractivity contribution in [2.24, 2.45) is 0 Å². The lowest BCUT2D eigenvalue weighted by Gasteiger charge is -2.26. The van der Waals surface area contributed by atoms with Gasteiger partial charge in [-0.3, -0.25) is 14.6 Å². The molecular weight excluding hydrogens is 396 g/mol. The van der Waals surface area contributed by atoms with E-state index in [4.69, 9.17) is 4.74 Å². The molecule has 0 radical (unpaired) electrons. The Morgan fingerprint density at radius 2 is 1.87 bits per heavy atom. The van der Waals surface area contributed by atoms with Gasteiger partial charge in [0.15, 0.2) is 0 Å². The molecule has 2 aromatic heterocycles. The number of pyridine rings is 2. The average molecular weight is 418 g/mol. The van der Waals surface area contributed by atoms with Crippen molar-refractivity contribution in [3.63, 3.8) is 0 Å². The Labute approximate surface area is 179 Å². The van der Waals surface area contributed by atoms with Gasteiger partial charge in [-0.15, -0.1) is 0 Å². The van der Waals surface area contributed by atoms with E-state index in [1.807, 2.05) is 18.2 Å². The Bertz CT molecular complexity index is 1110. The van der Waals surface area contributed by atoms with Crippen LogP contribution in [0.25, 0.3) is 0 Å². The first-order chi connectivity index (χ1) is 15.0. The SMILES string of the molecule is CNC(=O)c1cc(Oc2ccc3c(c2)CC(NC(=O)c2ccc(O)nc2)CC3)ccn1. The Balaban J connectivity index is 1.45. The van der Waals surface area contributed by atoms with Crippen LogP contribution in [0, 0.1) is 0 Å². The van der Waals surface area contributed by atoms with E-state index in [9.17, 15) is 14.7 Å². The van der Waals surface area contributed by atoms with Gasteiger partial charge in [0, 0.05) is 37.6 Å². The maximum atomic E-state index is 12.5. The van der Waals surface area contributed by atoms with E-state index < -0.39 is 0 Å². The first-order valence-corrected chi connectivity index (χ1v) is 9.95. The second-order valence-electron chi connectivity index (χ2n) is 7.31. The Hall–Kier alpha value is -3.94. The predicted octanol–water partition coefficient (Wildman–Crippen LogP) is 2.62. The van der Waals surface area contributed by atoms with Crippen molar-refractivity contribution in [2.75, 3.05) is 7.05 Å². The molecule has 8 heteroatoms. The van der Waals surface area contributed by atoms with Gasteiger partial charge in [-0.1, -0.05) is 6.07 Å². The van der Waals surface area contributed by atoms with E-state index in [1.165, 1.54) is 24.0 Å². The minimum absolute atomic E-state index is 0.00942. The summed E-state index contributed by atoms with van der Waals surface area (Å²) in [4.78, 5) is 32.0. The van der Waals surface area contributed by atoms with Crippen molar-refractivity contribution >= 4 is 11.8 Å². The zero-order valence-electron chi connectivity index (χ0n) is 17.0. The summed E-state index contributed by atoms with van der Waals surface area (Å²) in [6.45, 7) is 0. The fraction of sp³-hybridized carbons (Fsp3) is 0.217. The summed E-state index contributed by atoms with van der Waals surface area (Å²) in [5, 5.41) is 14.9. The quantitative estimate of drug-likeness (QED) is 0.587. The number of hydrogen-bond acceptors (Lipinski definition) is 6. The van der Waals surface area contributed by atoms with Crippen LogP contribution >= 0.6 is 0 Å². The monoisotopic (exact) mass is 418 g/mol. The van der Waals surface area contributed by atoms with E-state index in [2.05, 4.69) is 20.6 Å². The third-order valence-corrected chi connectivity index (χ3v) is 5.18. The highest BCUT2D eigenvalue weighted by atomic mass is 16.5. The molecule has 0 aliphatic heterocycles. The molecule has 31 heavy (non-hydrogen) atoms. The van der Waals surface area contributed by atoms with Gasteiger partial charge in [0.05, 0.1) is 5.56 Å². The third-order valence-electron chi connectivity index (χ3n) is 5.18. The summed E-state index contributed by atoms with van der Waals surface area (Å²) in [7, 11) is 1.55.